The maximum atomic E-state index is 14.1. The van der Waals surface area contributed by atoms with E-state index >= 15 is 0 Å². The second-order valence-electron chi connectivity index (χ2n) is 9.20. The fourth-order valence-electron chi connectivity index (χ4n) is 4.96. The Morgan fingerprint density at radius 2 is 1.89 bits per heavy atom. The second kappa shape index (κ2) is 10.9. The Balaban J connectivity index is 1.19. The summed E-state index contributed by atoms with van der Waals surface area (Å²) in [6.07, 6.45) is 1.95. The summed E-state index contributed by atoms with van der Waals surface area (Å²) in [5.74, 6) is -0.723. The number of methoxy groups -OCH3 is 1. The molecule has 5 rings (SSSR count). The second-order valence-corrected chi connectivity index (χ2v) is 10.1. The van der Waals surface area contributed by atoms with Crippen LogP contribution in [0.2, 0.25) is 0 Å². The van der Waals surface area contributed by atoms with Gasteiger partial charge in [0.2, 0.25) is 5.91 Å². The van der Waals surface area contributed by atoms with Gasteiger partial charge in [-0.2, -0.15) is 0 Å². The summed E-state index contributed by atoms with van der Waals surface area (Å²) in [6, 6.07) is 11.6. The molecule has 1 aromatic heterocycles. The van der Waals surface area contributed by atoms with Gasteiger partial charge in [-0.05, 0) is 53.6 Å². The van der Waals surface area contributed by atoms with Gasteiger partial charge in [0.25, 0.3) is 0 Å². The van der Waals surface area contributed by atoms with E-state index in [2.05, 4.69) is 28.0 Å². The number of carbonyl (C=O) groups is 2. The minimum Gasteiger partial charge on any atom is -0.442 e. The van der Waals surface area contributed by atoms with Gasteiger partial charge in [-0.25, -0.2) is 9.18 Å². The first kappa shape index (κ1) is 24.7. The molecule has 190 valence electrons. The maximum Gasteiger partial charge on any atom is 0.333 e. The number of amides is 1. The summed E-state index contributed by atoms with van der Waals surface area (Å²) in [6.45, 7) is 4.19. The zero-order chi connectivity index (χ0) is 25.1. The van der Waals surface area contributed by atoms with Gasteiger partial charge in [0.05, 0.1) is 5.69 Å². The monoisotopic (exact) mass is 511 g/mol. The molecule has 1 saturated heterocycles. The van der Waals surface area contributed by atoms with Gasteiger partial charge in [-0.3, -0.25) is 14.6 Å². The first-order valence-corrected chi connectivity index (χ1v) is 13.1. The molecule has 3 aromatic rings. The fraction of sp³-hybridized carbons (Fsp3) is 0.407. The zero-order valence-corrected chi connectivity index (χ0v) is 21.2. The molecule has 1 amide bonds. The molecule has 0 saturated carbocycles. The number of hydrogen-bond acceptors (Lipinski definition) is 7. The highest BCUT2D eigenvalue weighted by Gasteiger charge is 2.26. The Kier molecular flexibility index (Phi) is 7.50. The molecule has 0 bridgehead atoms. The lowest BCUT2D eigenvalue weighted by molar-refractivity contribution is -0.148. The van der Waals surface area contributed by atoms with E-state index in [0.717, 1.165) is 71.7 Å². The van der Waals surface area contributed by atoms with Gasteiger partial charge < -0.3 is 14.4 Å². The summed E-state index contributed by atoms with van der Waals surface area (Å²) >= 11 is 1.57. The van der Waals surface area contributed by atoms with Gasteiger partial charge in [0, 0.05) is 62.0 Å². The molecular formula is C27H30FN3O4S. The highest BCUT2D eigenvalue weighted by molar-refractivity contribution is 7.17. The predicted molar refractivity (Wildman–Crippen MR) is 139 cm³/mol. The van der Waals surface area contributed by atoms with Crippen LogP contribution in [0.4, 0.5) is 15.8 Å². The van der Waals surface area contributed by atoms with Crippen LogP contribution >= 0.6 is 11.3 Å². The molecule has 3 heterocycles. The van der Waals surface area contributed by atoms with E-state index in [4.69, 9.17) is 9.47 Å². The van der Waals surface area contributed by atoms with Gasteiger partial charge in [0.15, 0.2) is 6.73 Å². The average molecular weight is 512 g/mol. The lowest BCUT2D eigenvalue weighted by atomic mass is 9.98. The van der Waals surface area contributed by atoms with Crippen molar-refractivity contribution < 1.29 is 23.5 Å². The van der Waals surface area contributed by atoms with E-state index in [-0.39, 0.29) is 25.1 Å². The SMILES string of the molecule is COCC(=O)OCN1C(=O)CCc2ccc(CCN3CCN(c4cc(F)cc5sccc45)CC3)cc21. The number of aryl methyl sites for hydroxylation is 1. The Morgan fingerprint density at radius 1 is 1.06 bits per heavy atom. The number of ether oxygens (including phenoxy) is 2. The molecule has 2 aliphatic rings. The number of esters is 1. The van der Waals surface area contributed by atoms with Crippen molar-refractivity contribution in [1.82, 2.24) is 4.90 Å². The lowest BCUT2D eigenvalue weighted by Gasteiger charge is -2.36. The summed E-state index contributed by atoms with van der Waals surface area (Å²) in [5, 5.41) is 3.14. The van der Waals surface area contributed by atoms with E-state index in [1.54, 1.807) is 28.4 Å². The Bertz CT molecular complexity index is 1260. The molecule has 0 radical (unpaired) electrons. The number of hydrogen-bond donors (Lipinski definition) is 0. The highest BCUT2D eigenvalue weighted by Crippen LogP contribution is 2.33. The number of nitrogens with zero attached hydrogens (tertiary/aromatic N) is 3. The van der Waals surface area contributed by atoms with Crippen molar-refractivity contribution in [1.29, 1.82) is 0 Å². The number of benzene rings is 2. The van der Waals surface area contributed by atoms with Crippen molar-refractivity contribution >= 4 is 44.7 Å². The molecular weight excluding hydrogens is 481 g/mol. The molecule has 0 N–H and O–H groups in total. The topological polar surface area (TPSA) is 62.3 Å². The van der Waals surface area contributed by atoms with Gasteiger partial charge >= 0.3 is 5.97 Å². The Hall–Kier alpha value is -3.01. The van der Waals surface area contributed by atoms with Crippen molar-refractivity contribution in [3.63, 3.8) is 0 Å². The van der Waals surface area contributed by atoms with E-state index < -0.39 is 5.97 Å². The minimum atomic E-state index is -0.495. The normalized spacial score (nSPS) is 16.4. The third-order valence-electron chi connectivity index (χ3n) is 6.91. The lowest BCUT2D eigenvalue weighted by Crippen LogP contribution is -2.47. The van der Waals surface area contributed by atoms with Crippen molar-refractivity contribution in [3.05, 3.63) is 58.7 Å². The highest BCUT2D eigenvalue weighted by atomic mass is 32.1. The molecule has 2 aliphatic heterocycles. The first-order chi connectivity index (χ1) is 17.5. The average Bonchev–Trinajstić information content (AvgIpc) is 3.35. The summed E-state index contributed by atoms with van der Waals surface area (Å²) in [5.41, 5.74) is 4.04. The van der Waals surface area contributed by atoms with Gasteiger partial charge in [-0.15, -0.1) is 11.3 Å². The maximum absolute atomic E-state index is 14.1. The number of thiophene rings is 1. The fourth-order valence-corrected chi connectivity index (χ4v) is 5.79. The van der Waals surface area contributed by atoms with Crippen LogP contribution in [-0.2, 0) is 31.9 Å². The third kappa shape index (κ3) is 5.38. The van der Waals surface area contributed by atoms with Crippen LogP contribution in [0.15, 0.2) is 41.8 Å². The van der Waals surface area contributed by atoms with Crippen LogP contribution in [0.1, 0.15) is 17.5 Å². The minimum absolute atomic E-state index is 0.0435. The molecule has 0 atom stereocenters. The van der Waals surface area contributed by atoms with Crippen LogP contribution in [0.25, 0.3) is 10.1 Å². The Labute approximate surface area is 214 Å². The number of halogens is 1. The number of fused-ring (bicyclic) bond motifs is 2. The van der Waals surface area contributed by atoms with E-state index in [1.807, 2.05) is 11.4 Å². The zero-order valence-electron chi connectivity index (χ0n) is 20.4. The van der Waals surface area contributed by atoms with Crippen molar-refractivity contribution in [2.75, 3.05) is 63.0 Å². The molecule has 1 fully saturated rings. The van der Waals surface area contributed by atoms with Crippen LogP contribution in [0.5, 0.6) is 0 Å². The quantitative estimate of drug-likeness (QED) is 0.429. The molecule has 0 aliphatic carbocycles. The van der Waals surface area contributed by atoms with Crippen LogP contribution < -0.4 is 9.80 Å². The summed E-state index contributed by atoms with van der Waals surface area (Å²) < 4.78 is 25.1. The van der Waals surface area contributed by atoms with Crippen LogP contribution in [-0.4, -0.2) is 69.9 Å². The van der Waals surface area contributed by atoms with E-state index in [9.17, 15) is 14.0 Å². The molecule has 36 heavy (non-hydrogen) atoms. The van der Waals surface area contributed by atoms with E-state index in [1.165, 1.54) is 7.11 Å². The predicted octanol–water partition coefficient (Wildman–Crippen LogP) is 3.83. The van der Waals surface area contributed by atoms with E-state index in [0.29, 0.717) is 12.8 Å². The van der Waals surface area contributed by atoms with Gasteiger partial charge in [0.1, 0.15) is 12.4 Å². The third-order valence-corrected chi connectivity index (χ3v) is 7.77. The first-order valence-electron chi connectivity index (χ1n) is 12.2. The molecule has 0 spiro atoms. The Morgan fingerprint density at radius 3 is 2.69 bits per heavy atom. The molecule has 0 unspecified atom stereocenters. The number of rotatable bonds is 8. The van der Waals surface area contributed by atoms with Crippen molar-refractivity contribution in [2.24, 2.45) is 0 Å². The molecule has 7 nitrogen and oxygen atoms in total. The summed E-state index contributed by atoms with van der Waals surface area (Å²) in [7, 11) is 1.43. The number of piperazine rings is 1. The smallest absolute Gasteiger partial charge is 0.333 e. The standard InChI is InChI=1S/C27H30FN3O4S/c1-34-17-27(33)35-18-31-23-14-19(2-3-20(23)4-5-26(31)32)6-8-29-9-11-30(12-10-29)24-15-21(28)16-25-22(24)7-13-36-25/h2-3,7,13-16H,4-6,8-12,17-18H2,1H3. The molecule has 2 aromatic carbocycles. The van der Waals surface area contributed by atoms with Crippen molar-refractivity contribution in [3.8, 4) is 0 Å². The van der Waals surface area contributed by atoms with Crippen molar-refractivity contribution in [2.45, 2.75) is 19.3 Å². The largest absolute Gasteiger partial charge is 0.442 e. The van der Waals surface area contributed by atoms with Crippen LogP contribution in [0.3, 0.4) is 0 Å². The van der Waals surface area contributed by atoms with Crippen LogP contribution in [0, 0.1) is 5.82 Å². The summed E-state index contributed by atoms with van der Waals surface area (Å²) in [4.78, 5) is 30.5. The number of carbonyl (C=O) groups excluding carboxylic acids is 2. The molecule has 9 heteroatoms. The van der Waals surface area contributed by atoms with Gasteiger partial charge in [-0.1, -0.05) is 12.1 Å². The number of anilines is 2.